The molecule has 0 radical (unpaired) electrons. The van der Waals surface area contributed by atoms with E-state index in [1.165, 1.54) is 11.8 Å². The predicted octanol–water partition coefficient (Wildman–Crippen LogP) is 2.31. The maximum Gasteiger partial charge on any atom is 0.244 e. The summed E-state index contributed by atoms with van der Waals surface area (Å²) in [4.78, 5) is 11.1. The van der Waals surface area contributed by atoms with Gasteiger partial charge in [0.1, 0.15) is 4.90 Å². The number of piperidine rings is 1. The summed E-state index contributed by atoms with van der Waals surface area (Å²) < 4.78 is 33.0. The summed E-state index contributed by atoms with van der Waals surface area (Å²) in [7, 11) is -3.47. The third-order valence-electron chi connectivity index (χ3n) is 5.91. The lowest BCUT2D eigenvalue weighted by Gasteiger charge is -2.43. The monoisotopic (exact) mass is 416 g/mol. The molecule has 0 bridgehead atoms. The van der Waals surface area contributed by atoms with Crippen molar-refractivity contribution in [3.05, 3.63) is 54.6 Å². The number of pyridine rings is 2. The van der Waals surface area contributed by atoms with Gasteiger partial charge in [-0.15, -0.1) is 0 Å². The van der Waals surface area contributed by atoms with Gasteiger partial charge in [0.05, 0.1) is 0 Å². The van der Waals surface area contributed by atoms with Gasteiger partial charge in [0.25, 0.3) is 0 Å². The highest BCUT2D eigenvalue weighted by Crippen LogP contribution is 2.28. The summed E-state index contributed by atoms with van der Waals surface area (Å²) in [6, 6.07) is 8.20. The van der Waals surface area contributed by atoms with E-state index in [9.17, 15) is 8.42 Å². The maximum atomic E-state index is 12.9. The van der Waals surface area contributed by atoms with Crippen molar-refractivity contribution in [2.24, 2.45) is 0 Å². The second kappa shape index (κ2) is 9.30. The molecule has 4 heterocycles. The zero-order valence-corrected chi connectivity index (χ0v) is 17.4. The molecule has 2 aliphatic heterocycles. The number of sulfonamides is 1. The fourth-order valence-corrected chi connectivity index (χ4v) is 5.77. The van der Waals surface area contributed by atoms with Crippen LogP contribution in [-0.4, -0.2) is 66.0 Å². The topological polar surface area (TPSA) is 75.6 Å². The normalized spacial score (nSPS) is 20.2. The number of aromatic nitrogens is 2. The first-order valence-corrected chi connectivity index (χ1v) is 11.7. The van der Waals surface area contributed by atoms with Gasteiger partial charge < -0.3 is 4.74 Å². The summed E-state index contributed by atoms with van der Waals surface area (Å²) in [5, 5.41) is 0. The van der Waals surface area contributed by atoms with Crippen LogP contribution in [0.3, 0.4) is 0 Å². The van der Waals surface area contributed by atoms with Gasteiger partial charge >= 0.3 is 0 Å². The fraction of sp³-hybridized carbons (Fsp3) is 0.524. The van der Waals surface area contributed by atoms with Gasteiger partial charge in [-0.3, -0.25) is 14.9 Å². The first kappa shape index (κ1) is 20.4. The van der Waals surface area contributed by atoms with Gasteiger partial charge in [-0.2, -0.15) is 4.31 Å². The molecule has 2 aromatic heterocycles. The van der Waals surface area contributed by atoms with E-state index in [1.54, 1.807) is 28.8 Å². The first-order chi connectivity index (χ1) is 14.1. The highest BCUT2D eigenvalue weighted by atomic mass is 32.2. The Morgan fingerprint density at radius 1 is 0.966 bits per heavy atom. The SMILES string of the molecule is O=S(=O)(c1cccnc1)N1CCC(N(Cc2cccnc2)C2CCOCC2)CC1. The van der Waals surface area contributed by atoms with Gasteiger partial charge in [0, 0.05) is 69.7 Å². The summed E-state index contributed by atoms with van der Waals surface area (Å²) in [5.74, 6) is 0. The number of ether oxygens (including phenoxy) is 1. The Morgan fingerprint density at radius 3 is 2.24 bits per heavy atom. The molecule has 0 unspecified atom stereocenters. The van der Waals surface area contributed by atoms with Crippen molar-refractivity contribution in [3.8, 4) is 0 Å². The number of hydrogen-bond donors (Lipinski definition) is 0. The van der Waals surface area contributed by atoms with E-state index in [-0.39, 0.29) is 4.90 Å². The van der Waals surface area contributed by atoms with Crippen LogP contribution in [0.5, 0.6) is 0 Å². The van der Waals surface area contributed by atoms with Crippen molar-refractivity contribution < 1.29 is 13.2 Å². The smallest absolute Gasteiger partial charge is 0.244 e. The Bertz CT molecular complexity index is 865. The van der Waals surface area contributed by atoms with E-state index >= 15 is 0 Å². The van der Waals surface area contributed by atoms with Crippen molar-refractivity contribution in [2.45, 2.75) is 49.2 Å². The molecule has 2 fully saturated rings. The van der Waals surface area contributed by atoms with Gasteiger partial charge in [-0.05, 0) is 49.4 Å². The molecule has 0 aliphatic carbocycles. The summed E-state index contributed by atoms with van der Waals surface area (Å²) >= 11 is 0. The zero-order valence-electron chi connectivity index (χ0n) is 16.6. The molecule has 8 heteroatoms. The largest absolute Gasteiger partial charge is 0.381 e. The molecule has 0 spiro atoms. The quantitative estimate of drug-likeness (QED) is 0.719. The summed E-state index contributed by atoms with van der Waals surface area (Å²) in [5.41, 5.74) is 1.20. The van der Waals surface area contributed by atoms with Crippen LogP contribution in [0.4, 0.5) is 0 Å². The molecule has 0 atom stereocenters. The fourth-order valence-electron chi connectivity index (χ4n) is 4.34. The summed E-state index contributed by atoms with van der Waals surface area (Å²) in [6.07, 6.45) is 10.4. The van der Waals surface area contributed by atoms with Crippen LogP contribution in [0.25, 0.3) is 0 Å². The number of hydrogen-bond acceptors (Lipinski definition) is 6. The van der Waals surface area contributed by atoms with Crippen molar-refractivity contribution in [2.75, 3.05) is 26.3 Å². The van der Waals surface area contributed by atoms with Gasteiger partial charge in [-0.25, -0.2) is 8.42 Å². The zero-order chi connectivity index (χ0) is 20.1. The summed E-state index contributed by atoms with van der Waals surface area (Å²) in [6.45, 7) is 3.51. The van der Waals surface area contributed by atoms with Crippen molar-refractivity contribution in [1.29, 1.82) is 0 Å². The van der Waals surface area contributed by atoms with Gasteiger partial charge in [0.2, 0.25) is 10.0 Å². The molecule has 156 valence electrons. The van der Waals surface area contributed by atoms with Crippen molar-refractivity contribution in [1.82, 2.24) is 19.2 Å². The van der Waals surface area contributed by atoms with Crippen LogP contribution in [0.1, 0.15) is 31.2 Å². The first-order valence-electron chi connectivity index (χ1n) is 10.3. The van der Waals surface area contributed by atoms with Gasteiger partial charge in [0.15, 0.2) is 0 Å². The molecule has 0 saturated carbocycles. The van der Waals surface area contributed by atoms with Crippen molar-refractivity contribution in [3.63, 3.8) is 0 Å². The van der Waals surface area contributed by atoms with Crippen LogP contribution in [0, 0.1) is 0 Å². The molecule has 2 aliphatic rings. The Kier molecular flexibility index (Phi) is 6.54. The standard InChI is InChI=1S/C21H28N4O3S/c26-29(27,21-4-2-10-23-16-21)24-11-5-19(6-12-24)25(20-7-13-28-14-8-20)17-18-3-1-9-22-15-18/h1-4,9-10,15-16,19-20H,5-8,11-14,17H2. The molecule has 2 aromatic rings. The van der Waals surface area contributed by atoms with Crippen LogP contribution in [0.15, 0.2) is 53.9 Å². The Hall–Kier alpha value is -1.87. The van der Waals surface area contributed by atoms with Crippen LogP contribution in [-0.2, 0) is 21.3 Å². The second-order valence-corrected chi connectivity index (χ2v) is 9.64. The average molecular weight is 417 g/mol. The van der Waals surface area contributed by atoms with Gasteiger partial charge in [-0.1, -0.05) is 6.07 Å². The predicted molar refractivity (Wildman–Crippen MR) is 110 cm³/mol. The highest BCUT2D eigenvalue weighted by Gasteiger charge is 2.34. The molecule has 29 heavy (non-hydrogen) atoms. The number of nitrogens with zero attached hydrogens (tertiary/aromatic N) is 4. The molecule has 0 aromatic carbocycles. The van der Waals surface area contributed by atoms with E-state index in [2.05, 4.69) is 20.9 Å². The molecular weight excluding hydrogens is 388 g/mol. The minimum Gasteiger partial charge on any atom is -0.381 e. The molecular formula is C21H28N4O3S. The van der Waals surface area contributed by atoms with Crippen molar-refractivity contribution >= 4 is 10.0 Å². The average Bonchev–Trinajstić information content (AvgIpc) is 2.79. The van der Waals surface area contributed by atoms with E-state index < -0.39 is 10.0 Å². The lowest BCUT2D eigenvalue weighted by molar-refractivity contribution is 0.00250. The lowest BCUT2D eigenvalue weighted by atomic mass is 9.98. The minimum absolute atomic E-state index is 0.273. The maximum absolute atomic E-state index is 12.9. The number of rotatable bonds is 6. The minimum atomic E-state index is -3.47. The second-order valence-electron chi connectivity index (χ2n) is 7.70. The lowest BCUT2D eigenvalue weighted by Crippen LogP contribution is -2.51. The molecule has 4 rings (SSSR count). The van der Waals surface area contributed by atoms with Crippen LogP contribution < -0.4 is 0 Å². The van der Waals surface area contributed by atoms with Crippen LogP contribution >= 0.6 is 0 Å². The third-order valence-corrected chi connectivity index (χ3v) is 7.79. The highest BCUT2D eigenvalue weighted by molar-refractivity contribution is 7.89. The Balaban J connectivity index is 1.46. The molecule has 2 saturated heterocycles. The molecule has 0 N–H and O–H groups in total. The molecule has 7 nitrogen and oxygen atoms in total. The van der Waals surface area contributed by atoms with E-state index in [4.69, 9.17) is 4.74 Å². The Labute approximate surface area is 172 Å². The molecule has 0 amide bonds. The van der Waals surface area contributed by atoms with Crippen LogP contribution in [0.2, 0.25) is 0 Å². The van der Waals surface area contributed by atoms with E-state index in [0.717, 1.165) is 45.4 Å². The Morgan fingerprint density at radius 2 is 1.62 bits per heavy atom. The third kappa shape index (κ3) is 4.83. The van der Waals surface area contributed by atoms with E-state index in [1.807, 2.05) is 12.3 Å². The van der Waals surface area contributed by atoms with E-state index in [0.29, 0.717) is 25.2 Å².